The Morgan fingerprint density at radius 3 is 2.64 bits per heavy atom. The van der Waals surface area contributed by atoms with E-state index in [1.807, 2.05) is 6.26 Å². The summed E-state index contributed by atoms with van der Waals surface area (Å²) in [5, 5.41) is 6.56. The van der Waals surface area contributed by atoms with Crippen LogP contribution in [0.4, 0.5) is 0 Å². The zero-order chi connectivity index (χ0) is 16.4. The van der Waals surface area contributed by atoms with Crippen LogP contribution in [0.2, 0.25) is 5.02 Å². The molecular formula is C13H21ClN4O2S2. The van der Waals surface area contributed by atoms with Crippen molar-refractivity contribution >= 4 is 39.3 Å². The molecule has 0 atom stereocenters. The van der Waals surface area contributed by atoms with E-state index in [4.69, 9.17) is 11.6 Å². The fraction of sp³-hybridized carbons (Fsp3) is 0.462. The Labute approximate surface area is 141 Å². The van der Waals surface area contributed by atoms with Crippen LogP contribution in [-0.2, 0) is 10.0 Å². The average Bonchev–Trinajstić information content (AvgIpc) is 2.50. The summed E-state index contributed by atoms with van der Waals surface area (Å²) in [6.45, 7) is 1.48. The molecule has 9 heteroatoms. The number of hydrogen-bond donors (Lipinski definition) is 3. The van der Waals surface area contributed by atoms with Gasteiger partial charge < -0.3 is 10.6 Å². The molecule has 6 nitrogen and oxygen atoms in total. The molecule has 0 saturated heterocycles. The Bertz CT molecular complexity index is 593. The SMILES string of the molecule is CN=C(NCCNS(=O)(=O)c1cccc(Cl)c1)NCCSC. The number of halogens is 1. The Hall–Kier alpha value is -0.960. The monoisotopic (exact) mass is 364 g/mol. The smallest absolute Gasteiger partial charge is 0.240 e. The van der Waals surface area contributed by atoms with Crippen molar-refractivity contribution in [1.82, 2.24) is 15.4 Å². The van der Waals surface area contributed by atoms with E-state index in [2.05, 4.69) is 20.3 Å². The second-order valence-corrected chi connectivity index (χ2v) is 7.46. The summed E-state index contributed by atoms with van der Waals surface area (Å²) in [7, 11) is -1.88. The average molecular weight is 365 g/mol. The van der Waals surface area contributed by atoms with Gasteiger partial charge in [0.15, 0.2) is 5.96 Å². The van der Waals surface area contributed by atoms with Crippen LogP contribution >= 0.6 is 23.4 Å². The van der Waals surface area contributed by atoms with Crippen LogP contribution in [0.3, 0.4) is 0 Å². The van der Waals surface area contributed by atoms with Gasteiger partial charge in [0.1, 0.15) is 0 Å². The molecular weight excluding hydrogens is 344 g/mol. The fourth-order valence-corrected chi connectivity index (χ4v) is 3.21. The second-order valence-electron chi connectivity index (χ2n) is 4.27. The quantitative estimate of drug-likeness (QED) is 0.366. The molecule has 0 spiro atoms. The van der Waals surface area contributed by atoms with Gasteiger partial charge in [-0.15, -0.1) is 0 Å². The number of nitrogens with one attached hydrogen (secondary N) is 3. The molecule has 1 aromatic rings. The predicted octanol–water partition coefficient (Wildman–Crippen LogP) is 1.15. The van der Waals surface area contributed by atoms with Crippen molar-refractivity contribution in [2.24, 2.45) is 4.99 Å². The first-order valence-electron chi connectivity index (χ1n) is 6.68. The summed E-state index contributed by atoms with van der Waals surface area (Å²) in [5.74, 6) is 1.62. The molecule has 1 aromatic carbocycles. The van der Waals surface area contributed by atoms with Crippen molar-refractivity contribution in [1.29, 1.82) is 0 Å². The highest BCUT2D eigenvalue weighted by molar-refractivity contribution is 7.98. The molecule has 1 rings (SSSR count). The van der Waals surface area contributed by atoms with Crippen LogP contribution < -0.4 is 15.4 Å². The van der Waals surface area contributed by atoms with E-state index in [-0.39, 0.29) is 11.4 Å². The maximum absolute atomic E-state index is 12.1. The molecule has 0 fully saturated rings. The Balaban J connectivity index is 2.40. The van der Waals surface area contributed by atoms with Crippen LogP contribution in [-0.4, -0.2) is 53.1 Å². The Kier molecular flexibility index (Phi) is 8.62. The maximum Gasteiger partial charge on any atom is 0.240 e. The lowest BCUT2D eigenvalue weighted by Crippen LogP contribution is -2.42. The molecule has 0 aliphatic rings. The number of thioether (sulfide) groups is 1. The highest BCUT2D eigenvalue weighted by Crippen LogP contribution is 2.14. The van der Waals surface area contributed by atoms with Crippen LogP contribution in [0.25, 0.3) is 0 Å². The van der Waals surface area contributed by atoms with E-state index >= 15 is 0 Å². The van der Waals surface area contributed by atoms with Gasteiger partial charge in [-0.3, -0.25) is 4.99 Å². The molecule has 0 unspecified atom stereocenters. The molecule has 0 saturated carbocycles. The third-order valence-electron chi connectivity index (χ3n) is 2.64. The maximum atomic E-state index is 12.1. The number of guanidine groups is 1. The number of benzene rings is 1. The summed E-state index contributed by atoms with van der Waals surface area (Å²) in [6, 6.07) is 6.16. The van der Waals surface area contributed by atoms with E-state index < -0.39 is 10.0 Å². The zero-order valence-corrected chi connectivity index (χ0v) is 15.0. The number of rotatable bonds is 8. The summed E-state index contributed by atoms with van der Waals surface area (Å²) in [6.07, 6.45) is 2.03. The van der Waals surface area contributed by atoms with Gasteiger partial charge >= 0.3 is 0 Å². The van der Waals surface area contributed by atoms with Gasteiger partial charge in [-0.2, -0.15) is 11.8 Å². The minimum atomic E-state index is -3.55. The molecule has 0 aliphatic carbocycles. The van der Waals surface area contributed by atoms with Gasteiger partial charge in [0, 0.05) is 37.5 Å². The van der Waals surface area contributed by atoms with Gasteiger partial charge in [-0.1, -0.05) is 17.7 Å². The van der Waals surface area contributed by atoms with Crippen molar-refractivity contribution in [2.75, 3.05) is 38.7 Å². The first-order chi connectivity index (χ1) is 10.5. The largest absolute Gasteiger partial charge is 0.356 e. The van der Waals surface area contributed by atoms with Crippen molar-refractivity contribution in [3.63, 3.8) is 0 Å². The highest BCUT2D eigenvalue weighted by atomic mass is 35.5. The van der Waals surface area contributed by atoms with Crippen molar-refractivity contribution in [3.05, 3.63) is 29.3 Å². The van der Waals surface area contributed by atoms with Gasteiger partial charge in [-0.25, -0.2) is 13.1 Å². The van der Waals surface area contributed by atoms with Gasteiger partial charge in [0.25, 0.3) is 0 Å². The molecule has 0 amide bonds. The van der Waals surface area contributed by atoms with E-state index in [0.717, 1.165) is 12.3 Å². The van der Waals surface area contributed by atoms with Gasteiger partial charge in [0.05, 0.1) is 4.90 Å². The van der Waals surface area contributed by atoms with E-state index in [1.165, 1.54) is 12.1 Å². The molecule has 3 N–H and O–H groups in total. The van der Waals surface area contributed by atoms with Crippen LogP contribution in [0.1, 0.15) is 0 Å². The van der Waals surface area contributed by atoms with Gasteiger partial charge in [-0.05, 0) is 24.5 Å². The fourth-order valence-electron chi connectivity index (χ4n) is 1.58. The number of hydrogen-bond acceptors (Lipinski definition) is 4. The first kappa shape index (κ1) is 19.1. The van der Waals surface area contributed by atoms with E-state index in [1.54, 1.807) is 30.9 Å². The molecule has 0 aromatic heterocycles. The Morgan fingerprint density at radius 1 is 1.27 bits per heavy atom. The normalized spacial score (nSPS) is 12.2. The predicted molar refractivity (Wildman–Crippen MR) is 94.4 cm³/mol. The van der Waals surface area contributed by atoms with Crippen molar-refractivity contribution in [2.45, 2.75) is 4.90 Å². The lowest BCUT2D eigenvalue weighted by molar-refractivity contribution is 0.580. The number of nitrogens with zero attached hydrogens (tertiary/aromatic N) is 1. The van der Waals surface area contributed by atoms with Crippen molar-refractivity contribution in [3.8, 4) is 0 Å². The summed E-state index contributed by atoms with van der Waals surface area (Å²) < 4.78 is 26.6. The lowest BCUT2D eigenvalue weighted by atomic mass is 10.4. The minimum absolute atomic E-state index is 0.155. The third-order valence-corrected chi connectivity index (χ3v) is 4.94. The van der Waals surface area contributed by atoms with Crippen molar-refractivity contribution < 1.29 is 8.42 Å². The lowest BCUT2D eigenvalue weighted by Gasteiger charge is -2.12. The molecule has 124 valence electrons. The number of sulfonamides is 1. The Morgan fingerprint density at radius 2 is 2.00 bits per heavy atom. The van der Waals surface area contributed by atoms with E-state index in [9.17, 15) is 8.42 Å². The second kappa shape index (κ2) is 9.94. The van der Waals surface area contributed by atoms with Crippen LogP contribution in [0.5, 0.6) is 0 Å². The topological polar surface area (TPSA) is 82.6 Å². The third kappa shape index (κ3) is 6.87. The molecule has 0 bridgehead atoms. The minimum Gasteiger partial charge on any atom is -0.356 e. The molecule has 0 heterocycles. The standard InChI is InChI=1S/C13H21ClN4O2S2/c1-15-13(17-8-9-21-2)16-6-7-18-22(19,20)12-5-3-4-11(14)10-12/h3-5,10,18H,6-9H2,1-2H3,(H2,15,16,17). The summed E-state index contributed by atoms with van der Waals surface area (Å²) in [4.78, 5) is 4.21. The summed E-state index contributed by atoms with van der Waals surface area (Å²) >= 11 is 7.54. The van der Waals surface area contributed by atoms with E-state index in [0.29, 0.717) is 17.5 Å². The van der Waals surface area contributed by atoms with Crippen LogP contribution in [0, 0.1) is 0 Å². The van der Waals surface area contributed by atoms with Crippen LogP contribution in [0.15, 0.2) is 34.2 Å². The molecule has 0 aliphatic heterocycles. The number of aliphatic imine (C=N–C) groups is 1. The summed E-state index contributed by atoms with van der Waals surface area (Å²) in [5.41, 5.74) is 0. The zero-order valence-electron chi connectivity index (χ0n) is 12.6. The molecule has 22 heavy (non-hydrogen) atoms. The van der Waals surface area contributed by atoms with Gasteiger partial charge in [0.2, 0.25) is 10.0 Å². The molecule has 0 radical (unpaired) electrons. The first-order valence-corrected chi connectivity index (χ1v) is 9.94. The highest BCUT2D eigenvalue weighted by Gasteiger charge is 2.13.